The average molecular weight is 460 g/mol. The second-order valence-electron chi connectivity index (χ2n) is 6.23. The molecular formula is C22H19ClFN3OS2. The van der Waals surface area contributed by atoms with Gasteiger partial charge in [-0.2, -0.15) is 0 Å². The number of ether oxygens (including phenoxy) is 1. The van der Waals surface area contributed by atoms with E-state index in [-0.39, 0.29) is 18.2 Å². The number of halogens is 2. The van der Waals surface area contributed by atoms with Crippen molar-refractivity contribution in [2.75, 3.05) is 5.32 Å². The van der Waals surface area contributed by atoms with Gasteiger partial charge in [-0.05, 0) is 36.8 Å². The molecule has 4 nitrogen and oxygen atoms in total. The van der Waals surface area contributed by atoms with Gasteiger partial charge in [0, 0.05) is 22.2 Å². The van der Waals surface area contributed by atoms with Crippen LogP contribution in [0, 0.1) is 12.7 Å². The van der Waals surface area contributed by atoms with Gasteiger partial charge in [-0.1, -0.05) is 36.4 Å². The van der Waals surface area contributed by atoms with Gasteiger partial charge >= 0.3 is 0 Å². The highest BCUT2D eigenvalue weighted by atomic mass is 35.5. The maximum atomic E-state index is 13.9. The van der Waals surface area contributed by atoms with Crippen molar-refractivity contribution in [3.8, 4) is 11.5 Å². The maximum Gasteiger partial charge on any atom is 0.188 e. The number of anilines is 2. The molecule has 0 unspecified atom stereocenters. The monoisotopic (exact) mass is 459 g/mol. The summed E-state index contributed by atoms with van der Waals surface area (Å²) in [7, 11) is 0. The third kappa shape index (κ3) is 5.72. The van der Waals surface area contributed by atoms with E-state index in [0.29, 0.717) is 28.6 Å². The Morgan fingerprint density at radius 2 is 1.87 bits per heavy atom. The van der Waals surface area contributed by atoms with Gasteiger partial charge in [-0.25, -0.2) is 14.4 Å². The van der Waals surface area contributed by atoms with Gasteiger partial charge in [0.1, 0.15) is 11.6 Å². The minimum atomic E-state index is -0.203. The number of aryl methyl sites for hydroxylation is 1. The van der Waals surface area contributed by atoms with Crippen molar-refractivity contribution in [2.45, 2.75) is 17.6 Å². The topological polar surface area (TPSA) is 47.0 Å². The molecule has 154 valence electrons. The second kappa shape index (κ2) is 10.4. The Labute approximate surface area is 189 Å². The molecule has 0 aliphatic heterocycles. The van der Waals surface area contributed by atoms with E-state index in [1.807, 2.05) is 54.8 Å². The fourth-order valence-corrected chi connectivity index (χ4v) is 4.14. The molecule has 0 spiro atoms. The van der Waals surface area contributed by atoms with Crippen LogP contribution in [0.15, 0.2) is 77.1 Å². The Bertz CT molecular complexity index is 1110. The lowest BCUT2D eigenvalue weighted by atomic mass is 10.2. The van der Waals surface area contributed by atoms with E-state index in [4.69, 9.17) is 4.74 Å². The highest BCUT2D eigenvalue weighted by molar-refractivity contribution is 7.98. The van der Waals surface area contributed by atoms with Crippen LogP contribution in [0.3, 0.4) is 0 Å². The molecule has 8 heteroatoms. The maximum absolute atomic E-state index is 13.9. The SMILES string of the molecule is Cc1csc(Nc2ncc(SCc3ccccc3F)cc2Oc2ccccc2)n1.Cl. The highest BCUT2D eigenvalue weighted by Gasteiger charge is 2.12. The minimum absolute atomic E-state index is 0. The Hall–Kier alpha value is -2.61. The van der Waals surface area contributed by atoms with E-state index in [0.717, 1.165) is 15.7 Å². The smallest absolute Gasteiger partial charge is 0.188 e. The number of benzene rings is 2. The van der Waals surface area contributed by atoms with Crippen molar-refractivity contribution in [3.05, 3.63) is 89.3 Å². The van der Waals surface area contributed by atoms with Gasteiger partial charge in [-0.3, -0.25) is 0 Å². The molecule has 2 aromatic carbocycles. The number of para-hydroxylation sites is 1. The number of aromatic nitrogens is 2. The number of thioether (sulfide) groups is 1. The molecule has 0 saturated carbocycles. The van der Waals surface area contributed by atoms with E-state index >= 15 is 0 Å². The normalized spacial score (nSPS) is 10.3. The molecule has 0 aliphatic carbocycles. The van der Waals surface area contributed by atoms with Crippen LogP contribution in [-0.2, 0) is 5.75 Å². The van der Waals surface area contributed by atoms with E-state index in [2.05, 4.69) is 15.3 Å². The number of hydrogen-bond acceptors (Lipinski definition) is 6. The van der Waals surface area contributed by atoms with Crippen molar-refractivity contribution < 1.29 is 9.13 Å². The Morgan fingerprint density at radius 1 is 1.10 bits per heavy atom. The molecule has 0 fully saturated rings. The molecule has 0 bridgehead atoms. The molecule has 4 rings (SSSR count). The Balaban J connectivity index is 0.00000256. The zero-order valence-electron chi connectivity index (χ0n) is 16.0. The minimum Gasteiger partial charge on any atom is -0.453 e. The van der Waals surface area contributed by atoms with Gasteiger partial charge in [-0.15, -0.1) is 35.5 Å². The van der Waals surface area contributed by atoms with Crippen molar-refractivity contribution in [1.29, 1.82) is 0 Å². The summed E-state index contributed by atoms with van der Waals surface area (Å²) in [4.78, 5) is 9.85. The highest BCUT2D eigenvalue weighted by Crippen LogP contribution is 2.35. The number of thiazole rings is 1. The fraction of sp³-hybridized carbons (Fsp3) is 0.0909. The molecule has 30 heavy (non-hydrogen) atoms. The van der Waals surface area contributed by atoms with Crippen LogP contribution in [0.1, 0.15) is 11.3 Å². The zero-order chi connectivity index (χ0) is 20.1. The summed E-state index contributed by atoms with van der Waals surface area (Å²) in [5.41, 5.74) is 1.60. The summed E-state index contributed by atoms with van der Waals surface area (Å²) in [6.45, 7) is 1.94. The molecule has 0 saturated heterocycles. The standard InChI is InChI=1S/C22H18FN3OS2.ClH/c1-15-13-29-22(25-15)26-21-20(27-17-8-3-2-4-9-17)11-18(12-24-21)28-14-16-7-5-6-10-19(16)23;/h2-13H,14H2,1H3,(H,24,25,26);1H. The quantitative estimate of drug-likeness (QED) is 0.295. The van der Waals surface area contributed by atoms with Crippen molar-refractivity contribution in [1.82, 2.24) is 9.97 Å². The first-order valence-corrected chi connectivity index (χ1v) is 10.8. The van der Waals surface area contributed by atoms with Gasteiger partial charge in [0.2, 0.25) is 0 Å². The zero-order valence-corrected chi connectivity index (χ0v) is 18.5. The summed E-state index contributed by atoms with van der Waals surface area (Å²) < 4.78 is 20.0. The lowest BCUT2D eigenvalue weighted by Gasteiger charge is -2.12. The van der Waals surface area contributed by atoms with E-state index in [1.165, 1.54) is 29.2 Å². The van der Waals surface area contributed by atoms with Gasteiger partial charge in [0.15, 0.2) is 16.7 Å². The van der Waals surface area contributed by atoms with Crippen molar-refractivity contribution in [2.24, 2.45) is 0 Å². The van der Waals surface area contributed by atoms with Gasteiger partial charge < -0.3 is 10.1 Å². The summed E-state index contributed by atoms with van der Waals surface area (Å²) in [5.74, 6) is 2.19. The number of pyridine rings is 1. The third-order valence-electron chi connectivity index (χ3n) is 4.00. The molecule has 0 radical (unpaired) electrons. The molecule has 0 amide bonds. The van der Waals surface area contributed by atoms with Crippen LogP contribution < -0.4 is 10.1 Å². The summed E-state index contributed by atoms with van der Waals surface area (Å²) in [6, 6.07) is 18.2. The van der Waals surface area contributed by atoms with Crippen molar-refractivity contribution >= 4 is 46.5 Å². The number of hydrogen-bond donors (Lipinski definition) is 1. The number of rotatable bonds is 7. The first kappa shape index (κ1) is 22.1. The van der Waals surface area contributed by atoms with E-state index < -0.39 is 0 Å². The first-order chi connectivity index (χ1) is 14.2. The Kier molecular flexibility index (Phi) is 7.68. The second-order valence-corrected chi connectivity index (χ2v) is 8.14. The molecule has 2 aromatic heterocycles. The van der Waals surface area contributed by atoms with Crippen LogP contribution >= 0.6 is 35.5 Å². The molecule has 0 aliphatic rings. The van der Waals surface area contributed by atoms with Crippen LogP contribution in [0.5, 0.6) is 11.5 Å². The van der Waals surface area contributed by atoms with Crippen LogP contribution in [-0.4, -0.2) is 9.97 Å². The van der Waals surface area contributed by atoms with Gasteiger partial charge in [0.05, 0.1) is 5.69 Å². The number of nitrogens with zero attached hydrogens (tertiary/aromatic N) is 2. The average Bonchev–Trinajstić information content (AvgIpc) is 3.14. The van der Waals surface area contributed by atoms with Crippen LogP contribution in [0.4, 0.5) is 15.3 Å². The third-order valence-corrected chi connectivity index (χ3v) is 5.88. The van der Waals surface area contributed by atoms with E-state index in [1.54, 1.807) is 18.3 Å². The van der Waals surface area contributed by atoms with Crippen LogP contribution in [0.25, 0.3) is 0 Å². The molecule has 1 N–H and O–H groups in total. The lowest BCUT2D eigenvalue weighted by molar-refractivity contribution is 0.481. The summed E-state index contributed by atoms with van der Waals surface area (Å²) in [6.07, 6.45) is 1.76. The largest absolute Gasteiger partial charge is 0.453 e. The fourth-order valence-electron chi connectivity index (χ4n) is 2.58. The summed E-state index contributed by atoms with van der Waals surface area (Å²) >= 11 is 3.02. The molecule has 0 atom stereocenters. The predicted octanol–water partition coefficient (Wildman–Crippen LogP) is 7.24. The number of nitrogens with one attached hydrogen (secondary N) is 1. The first-order valence-electron chi connectivity index (χ1n) is 8.96. The predicted molar refractivity (Wildman–Crippen MR) is 124 cm³/mol. The van der Waals surface area contributed by atoms with Crippen LogP contribution in [0.2, 0.25) is 0 Å². The van der Waals surface area contributed by atoms with Crippen molar-refractivity contribution in [3.63, 3.8) is 0 Å². The lowest BCUT2D eigenvalue weighted by Crippen LogP contribution is -1.98. The van der Waals surface area contributed by atoms with Gasteiger partial charge in [0.25, 0.3) is 0 Å². The van der Waals surface area contributed by atoms with E-state index in [9.17, 15) is 4.39 Å². The molecular weight excluding hydrogens is 441 g/mol. The molecule has 2 heterocycles. The Morgan fingerprint density at radius 3 is 2.60 bits per heavy atom. The summed E-state index contributed by atoms with van der Waals surface area (Å²) in [5, 5.41) is 5.95. The molecule has 4 aromatic rings.